The number of benzene rings is 2. The summed E-state index contributed by atoms with van der Waals surface area (Å²) in [7, 11) is 0. The van der Waals surface area contributed by atoms with Crippen LogP contribution >= 0.6 is 0 Å². The molecule has 0 spiro atoms. The number of halogens is 2. The number of nitrogens with one attached hydrogen (secondary N) is 1. The molecule has 2 aromatic carbocycles. The van der Waals surface area contributed by atoms with Crippen LogP contribution in [0.25, 0.3) is 11.1 Å². The average molecular weight is 487 g/mol. The lowest BCUT2D eigenvalue weighted by Crippen LogP contribution is -2.47. The molecule has 0 radical (unpaired) electrons. The standard InChI is InChI=1S/C26H28F2N2O5/c27-25(28)22(13-23(31)30-11-5-6-16(14-30)12-24(32)33)29-26(34)35-15-21-19-9-3-1-7-17(19)18-8-2-4-10-20(18)21/h1-4,7-10,16,21-22,25H,5-6,11-15H2,(H,29,34)(H,32,33). The van der Waals surface area contributed by atoms with Crippen molar-refractivity contribution >= 4 is 18.0 Å². The average Bonchev–Trinajstić information content (AvgIpc) is 3.15. The van der Waals surface area contributed by atoms with Crippen LogP contribution in [0.3, 0.4) is 0 Å². The van der Waals surface area contributed by atoms with E-state index in [1.807, 2.05) is 48.5 Å². The maximum absolute atomic E-state index is 13.7. The van der Waals surface area contributed by atoms with E-state index >= 15 is 0 Å². The highest BCUT2D eigenvalue weighted by molar-refractivity contribution is 5.80. The molecule has 4 rings (SSSR count). The lowest BCUT2D eigenvalue weighted by molar-refractivity contribution is -0.141. The first-order chi connectivity index (χ1) is 16.8. The van der Waals surface area contributed by atoms with Crippen LogP contribution in [-0.2, 0) is 14.3 Å². The Kier molecular flexibility index (Phi) is 7.63. The summed E-state index contributed by atoms with van der Waals surface area (Å²) < 4.78 is 32.6. The van der Waals surface area contributed by atoms with Crippen molar-refractivity contribution in [1.82, 2.24) is 10.2 Å². The summed E-state index contributed by atoms with van der Waals surface area (Å²) in [6, 6.07) is 13.9. The van der Waals surface area contributed by atoms with Crippen LogP contribution in [0.4, 0.5) is 13.6 Å². The van der Waals surface area contributed by atoms with Gasteiger partial charge in [-0.1, -0.05) is 48.5 Å². The fourth-order valence-electron chi connectivity index (χ4n) is 5.02. The number of likely N-dealkylation sites (tertiary alicyclic amines) is 1. The number of carbonyl (C=O) groups is 3. The van der Waals surface area contributed by atoms with E-state index in [0.29, 0.717) is 19.4 Å². The Bertz CT molecular complexity index is 1050. The number of aliphatic carboxylic acids is 1. The first kappa shape index (κ1) is 24.6. The van der Waals surface area contributed by atoms with Gasteiger partial charge in [0.1, 0.15) is 12.6 Å². The molecule has 1 aliphatic heterocycles. The van der Waals surface area contributed by atoms with Crippen LogP contribution in [0.15, 0.2) is 48.5 Å². The highest BCUT2D eigenvalue weighted by Gasteiger charge is 2.32. The van der Waals surface area contributed by atoms with Crippen molar-refractivity contribution in [3.63, 3.8) is 0 Å². The Balaban J connectivity index is 1.34. The Hall–Kier alpha value is -3.49. The van der Waals surface area contributed by atoms with Gasteiger partial charge in [0.05, 0.1) is 6.42 Å². The number of piperidine rings is 1. The van der Waals surface area contributed by atoms with Gasteiger partial charge in [-0.15, -0.1) is 0 Å². The Morgan fingerprint density at radius 2 is 1.69 bits per heavy atom. The summed E-state index contributed by atoms with van der Waals surface area (Å²) in [5, 5.41) is 11.1. The number of ether oxygens (including phenoxy) is 1. The molecular formula is C26H28F2N2O5. The third-order valence-corrected chi connectivity index (χ3v) is 6.68. The number of carboxylic acid groups (broad SMARTS) is 1. The van der Waals surface area contributed by atoms with E-state index in [2.05, 4.69) is 5.32 Å². The van der Waals surface area contributed by atoms with E-state index < -0.39 is 36.9 Å². The predicted octanol–water partition coefficient (Wildman–Crippen LogP) is 4.26. The van der Waals surface area contributed by atoms with Crippen LogP contribution < -0.4 is 5.32 Å². The van der Waals surface area contributed by atoms with Crippen molar-refractivity contribution in [2.45, 2.75) is 44.1 Å². The van der Waals surface area contributed by atoms with Crippen LogP contribution in [-0.4, -0.2) is 60.1 Å². The maximum Gasteiger partial charge on any atom is 0.407 e. The quantitative estimate of drug-likeness (QED) is 0.581. The molecule has 1 saturated heterocycles. The van der Waals surface area contributed by atoms with Crippen molar-refractivity contribution in [2.75, 3.05) is 19.7 Å². The molecule has 186 valence electrons. The van der Waals surface area contributed by atoms with Gasteiger partial charge in [0.2, 0.25) is 5.91 Å². The SMILES string of the molecule is O=C(O)CC1CCCN(C(=O)CC(NC(=O)OCC2c3ccccc3-c3ccccc32)C(F)F)C1. The Morgan fingerprint density at radius 3 is 2.29 bits per heavy atom. The topological polar surface area (TPSA) is 95.9 Å². The second kappa shape index (κ2) is 10.8. The summed E-state index contributed by atoms with van der Waals surface area (Å²) in [5.41, 5.74) is 4.11. The minimum atomic E-state index is -2.96. The van der Waals surface area contributed by atoms with E-state index in [9.17, 15) is 23.2 Å². The molecule has 2 amide bonds. The molecule has 2 N–H and O–H groups in total. The smallest absolute Gasteiger partial charge is 0.407 e. The van der Waals surface area contributed by atoms with Crippen molar-refractivity contribution in [2.24, 2.45) is 5.92 Å². The number of nitrogens with zero attached hydrogens (tertiary/aromatic N) is 1. The van der Waals surface area contributed by atoms with Gasteiger partial charge in [0.15, 0.2) is 0 Å². The number of carboxylic acids is 1. The van der Waals surface area contributed by atoms with Gasteiger partial charge in [0.25, 0.3) is 6.43 Å². The maximum atomic E-state index is 13.7. The molecule has 0 aromatic heterocycles. The predicted molar refractivity (Wildman–Crippen MR) is 124 cm³/mol. The van der Waals surface area contributed by atoms with Gasteiger partial charge in [0, 0.05) is 25.4 Å². The van der Waals surface area contributed by atoms with Crippen molar-refractivity contribution in [3.05, 3.63) is 59.7 Å². The number of hydrogen-bond donors (Lipinski definition) is 2. The van der Waals surface area contributed by atoms with E-state index in [1.54, 1.807) is 0 Å². The lowest BCUT2D eigenvalue weighted by atomic mass is 9.94. The van der Waals surface area contributed by atoms with Gasteiger partial charge >= 0.3 is 12.1 Å². The molecular weight excluding hydrogens is 458 g/mol. The minimum absolute atomic E-state index is 0.0211. The van der Waals surface area contributed by atoms with Gasteiger partial charge in [-0.25, -0.2) is 13.6 Å². The highest BCUT2D eigenvalue weighted by Crippen LogP contribution is 2.44. The molecule has 0 bridgehead atoms. The van der Waals surface area contributed by atoms with Crippen molar-refractivity contribution in [1.29, 1.82) is 0 Å². The fourth-order valence-corrected chi connectivity index (χ4v) is 5.02. The monoisotopic (exact) mass is 486 g/mol. The number of carbonyl (C=O) groups excluding carboxylic acids is 2. The second-order valence-electron chi connectivity index (χ2n) is 9.06. The molecule has 2 unspecified atom stereocenters. The molecule has 35 heavy (non-hydrogen) atoms. The fraction of sp³-hybridized carbons (Fsp3) is 0.423. The Labute approximate surface area is 202 Å². The van der Waals surface area contributed by atoms with Gasteiger partial charge in [-0.2, -0.15) is 0 Å². The van der Waals surface area contributed by atoms with Crippen molar-refractivity contribution < 1.29 is 33.0 Å². The first-order valence-corrected chi connectivity index (χ1v) is 11.7. The summed E-state index contributed by atoms with van der Waals surface area (Å²) in [6.07, 6.45) is -3.33. The molecule has 2 aliphatic rings. The molecule has 0 saturated carbocycles. The van der Waals surface area contributed by atoms with Crippen LogP contribution in [0.1, 0.15) is 42.7 Å². The zero-order chi connectivity index (χ0) is 24.9. The number of alkyl carbamates (subject to hydrolysis) is 1. The summed E-state index contributed by atoms with van der Waals surface area (Å²) in [6.45, 7) is 0.578. The molecule has 1 heterocycles. The minimum Gasteiger partial charge on any atom is -0.481 e. The van der Waals surface area contributed by atoms with Gasteiger partial charge in [-0.3, -0.25) is 9.59 Å². The largest absolute Gasteiger partial charge is 0.481 e. The number of hydrogen-bond acceptors (Lipinski definition) is 4. The van der Waals surface area contributed by atoms with Gasteiger partial charge in [-0.05, 0) is 41.0 Å². The van der Waals surface area contributed by atoms with Crippen molar-refractivity contribution in [3.8, 4) is 11.1 Å². The third kappa shape index (κ3) is 5.78. The van der Waals surface area contributed by atoms with Crippen LogP contribution in [0.2, 0.25) is 0 Å². The number of rotatable bonds is 8. The molecule has 2 aromatic rings. The summed E-state index contributed by atoms with van der Waals surface area (Å²) >= 11 is 0. The van der Waals surface area contributed by atoms with E-state index in [4.69, 9.17) is 9.84 Å². The zero-order valence-electron chi connectivity index (χ0n) is 19.2. The normalized spacial score (nSPS) is 18.0. The van der Waals surface area contributed by atoms with Gasteiger partial charge < -0.3 is 20.1 Å². The second-order valence-corrected chi connectivity index (χ2v) is 9.06. The number of alkyl halides is 2. The van der Waals surface area contributed by atoms with E-state index in [-0.39, 0.29) is 31.4 Å². The molecule has 9 heteroatoms. The van der Waals surface area contributed by atoms with E-state index in [0.717, 1.165) is 22.3 Å². The van der Waals surface area contributed by atoms with Crippen LogP contribution in [0, 0.1) is 5.92 Å². The molecule has 7 nitrogen and oxygen atoms in total. The Morgan fingerprint density at radius 1 is 1.06 bits per heavy atom. The number of amides is 2. The summed E-state index contributed by atoms with van der Waals surface area (Å²) in [5.74, 6) is -1.90. The molecule has 2 atom stereocenters. The molecule has 1 fully saturated rings. The zero-order valence-corrected chi connectivity index (χ0v) is 19.2. The van der Waals surface area contributed by atoms with Crippen LogP contribution in [0.5, 0.6) is 0 Å². The summed E-state index contributed by atoms with van der Waals surface area (Å²) in [4.78, 5) is 37.4. The lowest BCUT2D eigenvalue weighted by Gasteiger charge is -2.33. The third-order valence-electron chi connectivity index (χ3n) is 6.68. The number of fused-ring (bicyclic) bond motifs is 3. The molecule has 1 aliphatic carbocycles. The first-order valence-electron chi connectivity index (χ1n) is 11.7. The highest BCUT2D eigenvalue weighted by atomic mass is 19.3. The van der Waals surface area contributed by atoms with E-state index in [1.165, 1.54) is 4.90 Å².